The molecule has 4 nitrogen and oxygen atoms in total. The van der Waals surface area contributed by atoms with Crippen molar-refractivity contribution in [2.75, 3.05) is 6.54 Å². The fourth-order valence-electron chi connectivity index (χ4n) is 3.03. The van der Waals surface area contributed by atoms with Gasteiger partial charge in [0.2, 0.25) is 0 Å². The van der Waals surface area contributed by atoms with Gasteiger partial charge in [-0.1, -0.05) is 24.3 Å². The van der Waals surface area contributed by atoms with E-state index in [2.05, 4.69) is 33.5 Å². The molecule has 3 aromatic rings. The number of nitrogens with zero attached hydrogens (tertiary/aromatic N) is 1. The van der Waals surface area contributed by atoms with Crippen LogP contribution in [0.4, 0.5) is 0 Å². The number of aromatic nitrogens is 2. The lowest BCUT2D eigenvalue weighted by atomic mass is 9.93. The maximum atomic E-state index is 5.81. The quantitative estimate of drug-likeness (QED) is 0.757. The summed E-state index contributed by atoms with van der Waals surface area (Å²) in [6.45, 7) is 2.92. The Kier molecular flexibility index (Phi) is 2.89. The van der Waals surface area contributed by atoms with Crippen molar-refractivity contribution in [3.8, 4) is 11.3 Å². The maximum Gasteiger partial charge on any atom is 0.134 e. The number of hydrogen-bond donors (Lipinski definition) is 2. The van der Waals surface area contributed by atoms with Crippen LogP contribution < -0.4 is 5.32 Å². The Balaban J connectivity index is 1.84. The summed E-state index contributed by atoms with van der Waals surface area (Å²) >= 11 is 0. The SMILES string of the molecule is Cc1ccc(-c2ccccc2C2NCCc3[nH]cnc32)o1. The average Bonchev–Trinajstić information content (AvgIpc) is 3.15. The van der Waals surface area contributed by atoms with Crippen LogP contribution in [0.5, 0.6) is 0 Å². The van der Waals surface area contributed by atoms with Crippen LogP contribution in [0.3, 0.4) is 0 Å². The first-order valence-corrected chi connectivity index (χ1v) is 7.24. The van der Waals surface area contributed by atoms with E-state index in [1.165, 1.54) is 11.3 Å². The van der Waals surface area contributed by atoms with Gasteiger partial charge in [0.1, 0.15) is 11.5 Å². The molecule has 4 heteroatoms. The van der Waals surface area contributed by atoms with Crippen molar-refractivity contribution in [3.05, 3.63) is 65.4 Å². The van der Waals surface area contributed by atoms with Gasteiger partial charge >= 0.3 is 0 Å². The van der Waals surface area contributed by atoms with Crippen molar-refractivity contribution in [3.63, 3.8) is 0 Å². The lowest BCUT2D eigenvalue weighted by Crippen LogP contribution is -2.31. The van der Waals surface area contributed by atoms with Crippen molar-refractivity contribution in [1.82, 2.24) is 15.3 Å². The van der Waals surface area contributed by atoms with Gasteiger partial charge in [-0.2, -0.15) is 0 Å². The summed E-state index contributed by atoms with van der Waals surface area (Å²) in [7, 11) is 0. The zero-order valence-corrected chi connectivity index (χ0v) is 11.9. The topological polar surface area (TPSA) is 53.9 Å². The zero-order chi connectivity index (χ0) is 14.2. The van der Waals surface area contributed by atoms with Gasteiger partial charge in [0.15, 0.2) is 0 Å². The number of nitrogens with one attached hydrogen (secondary N) is 2. The predicted octanol–water partition coefficient (Wildman–Crippen LogP) is 3.21. The highest BCUT2D eigenvalue weighted by Crippen LogP contribution is 2.34. The van der Waals surface area contributed by atoms with E-state index >= 15 is 0 Å². The largest absolute Gasteiger partial charge is 0.461 e. The summed E-state index contributed by atoms with van der Waals surface area (Å²) in [5.74, 6) is 1.84. The van der Waals surface area contributed by atoms with Crippen LogP contribution in [0.1, 0.15) is 28.8 Å². The minimum Gasteiger partial charge on any atom is -0.461 e. The number of fused-ring (bicyclic) bond motifs is 1. The van der Waals surface area contributed by atoms with Gasteiger partial charge < -0.3 is 14.7 Å². The number of rotatable bonds is 2. The van der Waals surface area contributed by atoms with Gasteiger partial charge in [-0.3, -0.25) is 0 Å². The summed E-state index contributed by atoms with van der Waals surface area (Å²) < 4.78 is 5.81. The molecular weight excluding hydrogens is 262 g/mol. The average molecular weight is 279 g/mol. The van der Waals surface area contributed by atoms with E-state index in [-0.39, 0.29) is 6.04 Å². The van der Waals surface area contributed by atoms with Crippen LogP contribution in [0.25, 0.3) is 11.3 Å². The molecule has 0 amide bonds. The smallest absolute Gasteiger partial charge is 0.134 e. The molecule has 1 aliphatic heterocycles. The minimum atomic E-state index is 0.113. The first-order chi connectivity index (χ1) is 10.3. The van der Waals surface area contributed by atoms with Crippen molar-refractivity contribution in [2.24, 2.45) is 0 Å². The molecule has 0 fully saturated rings. The molecule has 0 aliphatic carbocycles. The predicted molar refractivity (Wildman–Crippen MR) is 81.0 cm³/mol. The Morgan fingerprint density at radius 1 is 1.19 bits per heavy atom. The Morgan fingerprint density at radius 2 is 2.10 bits per heavy atom. The molecule has 1 atom stereocenters. The molecule has 0 saturated carbocycles. The van der Waals surface area contributed by atoms with E-state index < -0.39 is 0 Å². The van der Waals surface area contributed by atoms with Gasteiger partial charge in [0.05, 0.1) is 18.1 Å². The van der Waals surface area contributed by atoms with Gasteiger partial charge in [0.25, 0.3) is 0 Å². The molecule has 2 aromatic heterocycles. The molecule has 1 unspecified atom stereocenters. The summed E-state index contributed by atoms with van der Waals surface area (Å²) in [6.07, 6.45) is 2.78. The third kappa shape index (κ3) is 2.08. The lowest BCUT2D eigenvalue weighted by Gasteiger charge is -2.25. The molecule has 106 valence electrons. The minimum absolute atomic E-state index is 0.113. The van der Waals surface area contributed by atoms with Crippen molar-refractivity contribution < 1.29 is 4.42 Å². The molecule has 0 bridgehead atoms. The Hall–Kier alpha value is -2.33. The summed E-state index contributed by atoms with van der Waals surface area (Å²) in [6, 6.07) is 12.5. The molecule has 3 heterocycles. The molecular formula is C17H17N3O. The highest BCUT2D eigenvalue weighted by atomic mass is 16.3. The zero-order valence-electron chi connectivity index (χ0n) is 11.9. The standard InChI is InChI=1S/C17H17N3O/c1-11-6-7-15(21-11)12-4-2-3-5-13(12)16-17-14(8-9-18-16)19-10-20-17/h2-7,10,16,18H,8-9H2,1H3,(H,19,20). The van der Waals surface area contributed by atoms with Gasteiger partial charge in [-0.15, -0.1) is 0 Å². The Labute approximate surface area is 123 Å². The fourth-order valence-corrected chi connectivity index (χ4v) is 3.03. The number of benzene rings is 1. The van der Waals surface area contributed by atoms with E-state index in [4.69, 9.17) is 4.42 Å². The van der Waals surface area contributed by atoms with Gasteiger partial charge in [-0.25, -0.2) is 4.98 Å². The number of hydrogen-bond acceptors (Lipinski definition) is 3. The van der Waals surface area contributed by atoms with Gasteiger partial charge in [0, 0.05) is 24.2 Å². The highest BCUT2D eigenvalue weighted by molar-refractivity contribution is 5.64. The molecule has 0 saturated heterocycles. The number of aromatic amines is 1. The maximum absolute atomic E-state index is 5.81. The van der Waals surface area contributed by atoms with Gasteiger partial charge in [-0.05, 0) is 24.6 Å². The summed E-state index contributed by atoms with van der Waals surface area (Å²) in [4.78, 5) is 7.75. The molecule has 0 radical (unpaired) electrons. The molecule has 2 N–H and O–H groups in total. The van der Waals surface area contributed by atoms with Crippen LogP contribution >= 0.6 is 0 Å². The highest BCUT2D eigenvalue weighted by Gasteiger charge is 2.26. The number of furan rings is 1. The van der Waals surface area contributed by atoms with E-state index in [1.54, 1.807) is 6.33 Å². The number of H-pyrrole nitrogens is 1. The van der Waals surface area contributed by atoms with Crippen molar-refractivity contribution >= 4 is 0 Å². The van der Waals surface area contributed by atoms with Crippen molar-refractivity contribution in [2.45, 2.75) is 19.4 Å². The second kappa shape index (κ2) is 4.90. The molecule has 0 spiro atoms. The van der Waals surface area contributed by atoms with E-state index in [0.717, 1.165) is 35.7 Å². The van der Waals surface area contributed by atoms with E-state index in [0.29, 0.717) is 0 Å². The van der Waals surface area contributed by atoms with Crippen LogP contribution in [-0.4, -0.2) is 16.5 Å². The normalized spacial score (nSPS) is 17.7. The first-order valence-electron chi connectivity index (χ1n) is 7.24. The molecule has 21 heavy (non-hydrogen) atoms. The Morgan fingerprint density at radius 3 is 2.95 bits per heavy atom. The third-order valence-electron chi connectivity index (χ3n) is 4.03. The summed E-state index contributed by atoms with van der Waals surface area (Å²) in [5.41, 5.74) is 4.65. The van der Waals surface area contributed by atoms with E-state index in [1.807, 2.05) is 25.1 Å². The van der Waals surface area contributed by atoms with Crippen LogP contribution in [0, 0.1) is 6.92 Å². The number of aryl methyl sites for hydroxylation is 1. The first kappa shape index (κ1) is 12.4. The van der Waals surface area contributed by atoms with Crippen LogP contribution in [0.15, 0.2) is 47.1 Å². The molecule has 4 rings (SSSR count). The molecule has 1 aliphatic rings. The monoisotopic (exact) mass is 279 g/mol. The second-order valence-electron chi connectivity index (χ2n) is 5.40. The molecule has 1 aromatic carbocycles. The van der Waals surface area contributed by atoms with E-state index in [9.17, 15) is 0 Å². The fraction of sp³-hybridized carbons (Fsp3) is 0.235. The van der Waals surface area contributed by atoms with Crippen molar-refractivity contribution in [1.29, 1.82) is 0 Å². The van der Waals surface area contributed by atoms with Crippen LogP contribution in [0.2, 0.25) is 0 Å². The Bertz CT molecular complexity index is 772. The third-order valence-corrected chi connectivity index (χ3v) is 4.03. The summed E-state index contributed by atoms with van der Waals surface area (Å²) in [5, 5.41) is 3.57. The number of imidazole rings is 1. The second-order valence-corrected chi connectivity index (χ2v) is 5.40. The lowest BCUT2D eigenvalue weighted by molar-refractivity contribution is 0.537. The van der Waals surface area contributed by atoms with Crippen LogP contribution in [-0.2, 0) is 6.42 Å².